The molecule has 110 valence electrons. The molecule has 0 radical (unpaired) electrons. The fourth-order valence-electron chi connectivity index (χ4n) is 2.09. The van der Waals surface area contributed by atoms with Crippen LogP contribution in [0.2, 0.25) is 0 Å². The molecule has 0 unspecified atom stereocenters. The van der Waals surface area contributed by atoms with Gasteiger partial charge in [0.25, 0.3) is 0 Å². The number of hydrogen-bond acceptors (Lipinski definition) is 4. The molecule has 0 spiro atoms. The molecule has 2 rings (SSSR count). The Bertz CT molecular complexity index is 644. The summed E-state index contributed by atoms with van der Waals surface area (Å²) in [5.74, 6) is 0.725. The van der Waals surface area contributed by atoms with Crippen molar-refractivity contribution < 1.29 is 4.92 Å². The number of nitro groups is 1. The lowest BCUT2D eigenvalue weighted by atomic mass is 10.1. The summed E-state index contributed by atoms with van der Waals surface area (Å²) >= 11 is 1.50. The number of anilines is 1. The van der Waals surface area contributed by atoms with Crippen LogP contribution in [0, 0.1) is 17.0 Å². The zero-order valence-electron chi connectivity index (χ0n) is 12.1. The molecule has 0 amide bonds. The van der Waals surface area contributed by atoms with E-state index in [2.05, 4.69) is 24.4 Å². The monoisotopic (exact) mass is 302 g/mol. The third kappa shape index (κ3) is 3.76. The average Bonchev–Trinajstić information content (AvgIpc) is 2.46. The Morgan fingerprint density at radius 3 is 2.62 bits per heavy atom. The fraction of sp³-hybridized carbons (Fsp3) is 0.250. The van der Waals surface area contributed by atoms with E-state index in [0.717, 1.165) is 5.75 Å². The molecule has 0 bridgehead atoms. The first kappa shape index (κ1) is 15.4. The van der Waals surface area contributed by atoms with Crippen molar-refractivity contribution in [1.82, 2.24) is 0 Å². The smallest absolute Gasteiger partial charge is 0.305 e. The lowest BCUT2D eigenvalue weighted by Crippen LogP contribution is -2.02. The van der Waals surface area contributed by atoms with Gasteiger partial charge in [0.1, 0.15) is 5.69 Å². The molecule has 21 heavy (non-hydrogen) atoms. The predicted molar refractivity (Wildman–Crippen MR) is 88.0 cm³/mol. The molecule has 2 aromatic carbocycles. The first-order valence-corrected chi connectivity index (χ1v) is 7.80. The van der Waals surface area contributed by atoms with Crippen molar-refractivity contribution in [3.8, 4) is 0 Å². The van der Waals surface area contributed by atoms with E-state index in [4.69, 9.17) is 0 Å². The highest BCUT2D eigenvalue weighted by atomic mass is 32.2. The lowest BCUT2D eigenvalue weighted by Gasteiger charge is -2.09. The summed E-state index contributed by atoms with van der Waals surface area (Å²) in [7, 11) is 0. The van der Waals surface area contributed by atoms with Crippen LogP contribution in [0.4, 0.5) is 11.4 Å². The minimum Gasteiger partial charge on any atom is -0.380 e. The van der Waals surface area contributed by atoms with E-state index in [1.165, 1.54) is 22.9 Å². The number of nitrogens with one attached hydrogen (secondary N) is 1. The van der Waals surface area contributed by atoms with Crippen LogP contribution in [0.25, 0.3) is 0 Å². The molecule has 4 nitrogen and oxygen atoms in total. The Morgan fingerprint density at radius 1 is 1.19 bits per heavy atom. The molecule has 0 aliphatic heterocycles. The van der Waals surface area contributed by atoms with Crippen molar-refractivity contribution in [3.63, 3.8) is 0 Å². The third-order valence-corrected chi connectivity index (χ3v) is 4.29. The highest BCUT2D eigenvalue weighted by Gasteiger charge is 2.19. The highest BCUT2D eigenvalue weighted by molar-refractivity contribution is 7.98. The molecule has 0 aromatic heterocycles. The second-order valence-electron chi connectivity index (χ2n) is 4.65. The van der Waals surface area contributed by atoms with Crippen LogP contribution in [-0.4, -0.2) is 11.5 Å². The summed E-state index contributed by atoms with van der Waals surface area (Å²) in [6.45, 7) is 4.64. The summed E-state index contributed by atoms with van der Waals surface area (Å²) in [6, 6.07) is 13.5. The standard InChI is InChI=1S/C16H18N2O2S/c1-3-17-14-9-6-10-15(16(14)18(19)20)21-11-13-8-5-4-7-12(13)2/h4-10,17H,3,11H2,1-2H3. The van der Waals surface area contributed by atoms with Gasteiger partial charge in [-0.1, -0.05) is 30.3 Å². The van der Waals surface area contributed by atoms with Gasteiger partial charge in [-0.15, -0.1) is 11.8 Å². The van der Waals surface area contributed by atoms with Gasteiger partial charge in [0, 0.05) is 12.3 Å². The zero-order chi connectivity index (χ0) is 15.2. The molecular formula is C16H18N2O2S. The molecule has 0 atom stereocenters. The molecule has 0 saturated heterocycles. The Balaban J connectivity index is 2.25. The van der Waals surface area contributed by atoms with Gasteiger partial charge in [0.2, 0.25) is 0 Å². The topological polar surface area (TPSA) is 55.2 Å². The van der Waals surface area contributed by atoms with E-state index >= 15 is 0 Å². The van der Waals surface area contributed by atoms with Gasteiger partial charge in [-0.05, 0) is 37.1 Å². The second kappa shape index (κ2) is 7.13. The summed E-state index contributed by atoms with van der Waals surface area (Å²) in [5.41, 5.74) is 3.15. The number of thioether (sulfide) groups is 1. The van der Waals surface area contributed by atoms with Gasteiger partial charge < -0.3 is 5.32 Å². The van der Waals surface area contributed by atoms with Crippen LogP contribution in [0.3, 0.4) is 0 Å². The van der Waals surface area contributed by atoms with Gasteiger partial charge in [-0.3, -0.25) is 10.1 Å². The molecule has 0 heterocycles. The van der Waals surface area contributed by atoms with Crippen molar-refractivity contribution in [2.75, 3.05) is 11.9 Å². The Kier molecular flexibility index (Phi) is 5.22. The summed E-state index contributed by atoms with van der Waals surface area (Å²) in [6.07, 6.45) is 0. The van der Waals surface area contributed by atoms with Gasteiger partial charge in [0.05, 0.1) is 9.82 Å². The fourth-order valence-corrected chi connectivity index (χ4v) is 3.22. The maximum absolute atomic E-state index is 11.3. The first-order valence-electron chi connectivity index (χ1n) is 6.82. The van der Waals surface area contributed by atoms with E-state index in [1.807, 2.05) is 31.2 Å². The van der Waals surface area contributed by atoms with Gasteiger partial charge in [0.15, 0.2) is 0 Å². The summed E-state index contributed by atoms with van der Waals surface area (Å²) < 4.78 is 0. The van der Waals surface area contributed by atoms with Gasteiger partial charge in [-0.2, -0.15) is 0 Å². The maximum Gasteiger partial charge on any atom is 0.305 e. The number of nitro benzene ring substituents is 1. The maximum atomic E-state index is 11.3. The van der Waals surface area contributed by atoms with Crippen LogP contribution < -0.4 is 5.32 Å². The number of para-hydroxylation sites is 1. The average molecular weight is 302 g/mol. The van der Waals surface area contributed by atoms with Crippen molar-refractivity contribution in [1.29, 1.82) is 0 Å². The van der Waals surface area contributed by atoms with E-state index in [9.17, 15) is 10.1 Å². The van der Waals surface area contributed by atoms with Gasteiger partial charge >= 0.3 is 5.69 Å². The molecule has 5 heteroatoms. The van der Waals surface area contributed by atoms with Crippen LogP contribution in [0.1, 0.15) is 18.1 Å². The largest absolute Gasteiger partial charge is 0.380 e. The van der Waals surface area contributed by atoms with Crippen LogP contribution in [-0.2, 0) is 5.75 Å². The van der Waals surface area contributed by atoms with E-state index in [0.29, 0.717) is 17.1 Å². The Morgan fingerprint density at radius 2 is 1.95 bits per heavy atom. The van der Waals surface area contributed by atoms with Crippen LogP contribution >= 0.6 is 11.8 Å². The summed E-state index contributed by atoms with van der Waals surface area (Å²) in [4.78, 5) is 11.7. The van der Waals surface area contributed by atoms with Crippen LogP contribution in [0.5, 0.6) is 0 Å². The molecule has 1 N–H and O–H groups in total. The van der Waals surface area contributed by atoms with Crippen molar-refractivity contribution in [3.05, 3.63) is 63.7 Å². The van der Waals surface area contributed by atoms with E-state index in [1.54, 1.807) is 6.07 Å². The molecule has 0 aliphatic rings. The predicted octanol–water partition coefficient (Wildman–Crippen LogP) is 4.63. The Hall–Kier alpha value is -2.01. The highest BCUT2D eigenvalue weighted by Crippen LogP contribution is 2.37. The lowest BCUT2D eigenvalue weighted by molar-refractivity contribution is -0.386. The molecule has 2 aromatic rings. The quantitative estimate of drug-likeness (QED) is 0.480. The zero-order valence-corrected chi connectivity index (χ0v) is 12.9. The number of nitrogens with zero attached hydrogens (tertiary/aromatic N) is 1. The molecule has 0 fully saturated rings. The molecular weight excluding hydrogens is 284 g/mol. The number of benzene rings is 2. The minimum atomic E-state index is -0.307. The van der Waals surface area contributed by atoms with Crippen molar-refractivity contribution in [2.24, 2.45) is 0 Å². The number of rotatable bonds is 6. The van der Waals surface area contributed by atoms with E-state index < -0.39 is 0 Å². The Labute approximate surface area is 128 Å². The van der Waals surface area contributed by atoms with Crippen molar-refractivity contribution >= 4 is 23.1 Å². The SMILES string of the molecule is CCNc1cccc(SCc2ccccc2C)c1[N+](=O)[O-]. The molecule has 0 aliphatic carbocycles. The third-order valence-electron chi connectivity index (χ3n) is 3.19. The molecule has 0 saturated carbocycles. The van der Waals surface area contributed by atoms with Crippen LogP contribution in [0.15, 0.2) is 47.4 Å². The minimum absolute atomic E-state index is 0.165. The number of aryl methyl sites for hydroxylation is 1. The second-order valence-corrected chi connectivity index (χ2v) is 5.67. The number of hydrogen-bond donors (Lipinski definition) is 1. The van der Waals surface area contributed by atoms with E-state index in [-0.39, 0.29) is 10.6 Å². The van der Waals surface area contributed by atoms with Crippen molar-refractivity contribution in [2.45, 2.75) is 24.5 Å². The normalized spacial score (nSPS) is 10.4. The van der Waals surface area contributed by atoms with Gasteiger partial charge in [-0.25, -0.2) is 0 Å². The summed E-state index contributed by atoms with van der Waals surface area (Å²) in [5, 5.41) is 14.4. The first-order chi connectivity index (χ1) is 10.1.